The zero-order valence-electron chi connectivity index (χ0n) is 18.2. The van der Waals surface area contributed by atoms with Crippen molar-refractivity contribution in [3.63, 3.8) is 0 Å². The van der Waals surface area contributed by atoms with E-state index in [-0.39, 0.29) is 27.3 Å². The molecule has 2 nitrogen and oxygen atoms in total. The first-order chi connectivity index (χ1) is 12.5. The summed E-state index contributed by atoms with van der Waals surface area (Å²) in [5, 5.41) is 0. The molecule has 2 aliphatic rings. The van der Waals surface area contributed by atoms with Gasteiger partial charge >= 0.3 is 30.2 Å². The summed E-state index contributed by atoms with van der Waals surface area (Å²) in [6.07, 6.45) is 14.4. The van der Waals surface area contributed by atoms with Crippen molar-refractivity contribution in [3.8, 4) is 0 Å². The molecular weight excluding hydrogens is 475 g/mol. The van der Waals surface area contributed by atoms with Crippen LogP contribution in [0.1, 0.15) is 39.2 Å². The molecule has 0 fully saturated rings. The number of halogens is 1. The minimum atomic E-state index is 0. The molecule has 2 aromatic heterocycles. The monoisotopic (exact) mass is 504 g/mol. The SMILES string of the molecule is CC1=CC(C)[C-]=C1c1ccco1.CC1=CC(C)[C-]=C1c1ccco1.Cl.[CH3-].[CH3-].[SiH2]=[Zr]. The fourth-order valence-corrected chi connectivity index (χ4v) is 3.06. The van der Waals surface area contributed by atoms with Crippen molar-refractivity contribution in [2.75, 3.05) is 0 Å². The number of allylic oxidation sites excluding steroid dienone is 8. The van der Waals surface area contributed by atoms with Gasteiger partial charge in [0.1, 0.15) is 0 Å². The van der Waals surface area contributed by atoms with E-state index in [2.05, 4.69) is 52.0 Å². The van der Waals surface area contributed by atoms with Gasteiger partial charge in [0, 0.05) is 11.5 Å². The van der Waals surface area contributed by atoms with Gasteiger partial charge in [-0.1, -0.05) is 51.7 Å². The van der Waals surface area contributed by atoms with Crippen molar-refractivity contribution in [1.82, 2.24) is 0 Å². The standard InChI is InChI=1S/2C11H11O.2CH3.ClH.H2Si.Zr/c2*1-8-6-9(2)10(7-8)11-4-3-5-12-11;;;;;/h2*3-6,8H,1-2H3;2*1H3;1H;1H2;/q4*-1;;;. The Kier molecular flexibility index (Phi) is 15.4. The van der Waals surface area contributed by atoms with Crippen molar-refractivity contribution in [3.05, 3.63) is 98.6 Å². The molecular formula is C24H31ClO2SiZr-4. The first-order valence-corrected chi connectivity index (χ1v) is 14.5. The van der Waals surface area contributed by atoms with Gasteiger partial charge in [-0.25, -0.2) is 0 Å². The van der Waals surface area contributed by atoms with Crippen LogP contribution in [0.2, 0.25) is 0 Å². The molecule has 2 aliphatic carbocycles. The minimum absolute atomic E-state index is 0. The van der Waals surface area contributed by atoms with Crippen LogP contribution in [0.3, 0.4) is 0 Å². The van der Waals surface area contributed by atoms with E-state index in [0.29, 0.717) is 11.8 Å². The number of furan rings is 2. The summed E-state index contributed by atoms with van der Waals surface area (Å²) in [6.45, 7) is 10.4. The molecule has 29 heavy (non-hydrogen) atoms. The molecule has 0 radical (unpaired) electrons. The third-order valence-corrected chi connectivity index (χ3v) is 4.07. The van der Waals surface area contributed by atoms with Crippen LogP contribution in [0.5, 0.6) is 0 Å². The van der Waals surface area contributed by atoms with E-state index in [0.717, 1.165) is 22.7 Å². The average molecular weight is 506 g/mol. The average Bonchev–Trinajstić information content (AvgIpc) is 3.39. The van der Waals surface area contributed by atoms with Gasteiger partial charge in [-0.2, -0.15) is 34.4 Å². The van der Waals surface area contributed by atoms with E-state index in [1.165, 1.54) is 11.1 Å². The van der Waals surface area contributed by atoms with E-state index in [9.17, 15) is 0 Å². The molecule has 0 saturated carbocycles. The Hall–Kier alpha value is -1.09. The molecule has 0 saturated heterocycles. The van der Waals surface area contributed by atoms with Crippen LogP contribution in [0.4, 0.5) is 0 Å². The number of hydrogen-bond donors (Lipinski definition) is 0. The molecule has 0 spiro atoms. The normalized spacial score (nSPS) is 18.6. The summed E-state index contributed by atoms with van der Waals surface area (Å²) in [6, 6.07) is 7.75. The first kappa shape index (κ1) is 30.1. The molecule has 5 heteroatoms. The van der Waals surface area contributed by atoms with E-state index < -0.39 is 0 Å². The Morgan fingerprint density at radius 2 is 1.14 bits per heavy atom. The van der Waals surface area contributed by atoms with Crippen molar-refractivity contribution < 1.29 is 32.2 Å². The van der Waals surface area contributed by atoms with Crippen LogP contribution in [-0.4, -0.2) is 6.88 Å². The molecule has 0 aromatic carbocycles. The van der Waals surface area contributed by atoms with Crippen molar-refractivity contribution in [2.45, 2.75) is 27.7 Å². The summed E-state index contributed by atoms with van der Waals surface area (Å²) >= 11 is 1.58. The maximum absolute atomic E-state index is 5.30. The van der Waals surface area contributed by atoms with Gasteiger partial charge in [0.05, 0.1) is 12.5 Å². The Morgan fingerprint density at radius 1 is 0.793 bits per heavy atom. The Labute approximate surface area is 199 Å². The maximum atomic E-state index is 5.30. The second-order valence-corrected chi connectivity index (χ2v) is 6.27. The second-order valence-electron chi connectivity index (χ2n) is 6.27. The van der Waals surface area contributed by atoms with Gasteiger partial charge < -0.3 is 23.7 Å². The molecule has 4 rings (SSSR count). The van der Waals surface area contributed by atoms with E-state index in [1.54, 1.807) is 35.9 Å². The summed E-state index contributed by atoms with van der Waals surface area (Å²) in [7, 11) is 0. The molecule has 158 valence electrons. The van der Waals surface area contributed by atoms with Crippen LogP contribution < -0.4 is 0 Å². The number of hydrogen-bond acceptors (Lipinski definition) is 2. The molecule has 2 aromatic rings. The van der Waals surface area contributed by atoms with Gasteiger partial charge in [-0.3, -0.25) is 0 Å². The Balaban J connectivity index is 0. The Morgan fingerprint density at radius 3 is 1.34 bits per heavy atom. The third kappa shape index (κ3) is 8.28. The zero-order chi connectivity index (χ0) is 19.1. The van der Waals surface area contributed by atoms with Crippen LogP contribution in [0.15, 0.2) is 68.9 Å². The zero-order valence-corrected chi connectivity index (χ0v) is 22.9. The third-order valence-electron chi connectivity index (χ3n) is 4.07. The topological polar surface area (TPSA) is 26.3 Å². The quantitative estimate of drug-likeness (QED) is 0.342. The molecule has 0 bridgehead atoms. The van der Waals surface area contributed by atoms with E-state index in [4.69, 9.17) is 8.83 Å². The molecule has 0 N–H and O–H groups in total. The summed E-state index contributed by atoms with van der Waals surface area (Å²) in [5.74, 6) is 2.69. The predicted octanol–water partition coefficient (Wildman–Crippen LogP) is 6.53. The van der Waals surface area contributed by atoms with Crippen LogP contribution in [0, 0.1) is 38.8 Å². The first-order valence-electron chi connectivity index (χ1n) is 8.62. The second kappa shape index (κ2) is 14.8. The molecule has 0 amide bonds. The Bertz CT molecular complexity index is 760. The van der Waals surface area contributed by atoms with E-state index >= 15 is 0 Å². The summed E-state index contributed by atoms with van der Waals surface area (Å²) in [4.78, 5) is 0. The van der Waals surface area contributed by atoms with E-state index in [1.807, 2.05) is 31.1 Å². The fraction of sp³-hybridized carbons (Fsp3) is 0.250. The van der Waals surface area contributed by atoms with Crippen LogP contribution >= 0.6 is 12.4 Å². The van der Waals surface area contributed by atoms with Gasteiger partial charge in [-0.15, -0.1) is 24.6 Å². The van der Waals surface area contributed by atoms with Crippen LogP contribution in [-0.2, 0) is 23.3 Å². The van der Waals surface area contributed by atoms with Crippen molar-refractivity contribution in [1.29, 1.82) is 0 Å². The van der Waals surface area contributed by atoms with Gasteiger partial charge in [0.25, 0.3) is 0 Å². The van der Waals surface area contributed by atoms with Crippen molar-refractivity contribution >= 4 is 30.4 Å². The van der Waals surface area contributed by atoms with Gasteiger partial charge in [-0.05, 0) is 12.1 Å². The van der Waals surface area contributed by atoms with Crippen LogP contribution in [0.25, 0.3) is 11.1 Å². The number of rotatable bonds is 2. The molecule has 2 unspecified atom stereocenters. The van der Waals surface area contributed by atoms with Gasteiger partial charge in [0.15, 0.2) is 0 Å². The molecule has 2 heterocycles. The summed E-state index contributed by atoms with van der Waals surface area (Å²) < 4.78 is 10.6. The van der Waals surface area contributed by atoms with Crippen molar-refractivity contribution in [2.24, 2.45) is 11.8 Å². The summed E-state index contributed by atoms with van der Waals surface area (Å²) in [5.41, 5.74) is 4.76. The van der Waals surface area contributed by atoms with Gasteiger partial charge in [0.2, 0.25) is 0 Å². The molecule has 0 aliphatic heterocycles. The predicted molar refractivity (Wildman–Crippen MR) is 125 cm³/mol. The fourth-order valence-electron chi connectivity index (χ4n) is 3.06. The molecule has 2 atom stereocenters.